The summed E-state index contributed by atoms with van der Waals surface area (Å²) in [5.41, 5.74) is 0.933. The van der Waals surface area contributed by atoms with E-state index in [4.69, 9.17) is 28.3 Å². The first-order valence-corrected chi connectivity index (χ1v) is 4.99. The molecule has 0 fully saturated rings. The van der Waals surface area contributed by atoms with Crippen molar-refractivity contribution in [3.8, 4) is 0 Å². The van der Waals surface area contributed by atoms with Gasteiger partial charge in [0.05, 0.1) is 0 Å². The summed E-state index contributed by atoms with van der Waals surface area (Å²) in [4.78, 5) is 22.7. The summed E-state index contributed by atoms with van der Waals surface area (Å²) < 4.78 is 0. The lowest BCUT2D eigenvalue weighted by molar-refractivity contribution is -0.146. The van der Waals surface area contributed by atoms with E-state index < -0.39 is 17.9 Å². The zero-order valence-electron chi connectivity index (χ0n) is 7.28. The second-order valence-electron chi connectivity index (χ2n) is 2.36. The van der Waals surface area contributed by atoms with E-state index in [-0.39, 0.29) is 10.9 Å². The van der Waals surface area contributed by atoms with Gasteiger partial charge in [-0.3, -0.25) is 9.69 Å². The molecule has 0 aromatic heterocycles. The van der Waals surface area contributed by atoms with E-state index in [1.54, 1.807) is 0 Å². The Balaban J connectivity index is 4.98. The Bertz CT molecular complexity index is 270. The van der Waals surface area contributed by atoms with Crippen LogP contribution >= 0.6 is 35.8 Å². The topological polar surface area (TPSA) is 57.6 Å². The lowest BCUT2D eigenvalue weighted by Crippen LogP contribution is -2.43. The number of amides is 1. The number of thiol groups is 1. The fraction of sp³-hybridized carbons (Fsp3) is 0.429. The summed E-state index contributed by atoms with van der Waals surface area (Å²) >= 11 is 14.7. The monoisotopic (exact) mass is 257 g/mol. The molecule has 0 aromatic rings. The normalized spacial score (nSPS) is 13.6. The quantitative estimate of drug-likeness (QED) is 0.593. The average Bonchev–Trinajstić information content (AvgIpc) is 2.11. The van der Waals surface area contributed by atoms with Crippen LogP contribution in [0.3, 0.4) is 0 Å². The minimum absolute atomic E-state index is 0.0458. The second-order valence-corrected chi connectivity index (χ2v) is 3.33. The van der Waals surface area contributed by atoms with Crippen molar-refractivity contribution in [2.45, 2.75) is 13.0 Å². The molecule has 0 heterocycles. The van der Waals surface area contributed by atoms with E-state index in [1.807, 2.05) is 0 Å². The molecule has 14 heavy (non-hydrogen) atoms. The SMILES string of the molecule is CC(=O)N(C(Cl)=CCl)[C@@H](CS)C(=O)O. The summed E-state index contributed by atoms with van der Waals surface area (Å²) in [6, 6.07) is -1.11. The van der Waals surface area contributed by atoms with E-state index in [0.29, 0.717) is 0 Å². The van der Waals surface area contributed by atoms with Crippen LogP contribution in [0, 0.1) is 0 Å². The molecule has 0 saturated heterocycles. The van der Waals surface area contributed by atoms with Crippen molar-refractivity contribution >= 4 is 47.7 Å². The molecule has 0 aliphatic carbocycles. The molecule has 7 heteroatoms. The highest BCUT2D eigenvalue weighted by Gasteiger charge is 2.28. The Hall–Kier alpha value is -0.390. The standard InChI is InChI=1S/C7H9Cl2NO3S/c1-4(11)10(6(9)2-8)5(3-14)7(12)13/h2,5,14H,3H2,1H3,(H,12,13)/t5-/m0/s1. The maximum absolute atomic E-state index is 11.1. The molecule has 1 amide bonds. The minimum atomic E-state index is -1.19. The summed E-state index contributed by atoms with van der Waals surface area (Å²) in [5, 5.41) is 8.63. The number of hydrogen-bond acceptors (Lipinski definition) is 3. The van der Waals surface area contributed by atoms with Gasteiger partial charge < -0.3 is 5.11 Å². The number of aliphatic carboxylic acids is 1. The first-order chi connectivity index (χ1) is 6.45. The minimum Gasteiger partial charge on any atom is -0.480 e. The number of halogens is 2. The van der Waals surface area contributed by atoms with Gasteiger partial charge in [0.2, 0.25) is 5.91 Å². The number of rotatable bonds is 4. The van der Waals surface area contributed by atoms with Gasteiger partial charge in [0.25, 0.3) is 0 Å². The van der Waals surface area contributed by atoms with Crippen LogP contribution in [0.1, 0.15) is 6.92 Å². The number of carboxylic acid groups (broad SMARTS) is 1. The number of carboxylic acids is 1. The van der Waals surface area contributed by atoms with Gasteiger partial charge in [0, 0.05) is 18.2 Å². The van der Waals surface area contributed by atoms with Crippen LogP contribution in [-0.4, -0.2) is 33.7 Å². The highest BCUT2D eigenvalue weighted by atomic mass is 35.5. The van der Waals surface area contributed by atoms with Crippen LogP contribution in [0.25, 0.3) is 0 Å². The van der Waals surface area contributed by atoms with Crippen molar-refractivity contribution in [3.05, 3.63) is 10.7 Å². The summed E-state index contributed by atoms with van der Waals surface area (Å²) in [5.74, 6) is -1.74. The molecule has 1 N–H and O–H groups in total. The Labute approximate surface area is 96.9 Å². The lowest BCUT2D eigenvalue weighted by Gasteiger charge is -2.25. The van der Waals surface area contributed by atoms with E-state index in [9.17, 15) is 9.59 Å². The fourth-order valence-electron chi connectivity index (χ4n) is 0.841. The van der Waals surface area contributed by atoms with Crippen LogP contribution in [0.15, 0.2) is 10.7 Å². The highest BCUT2D eigenvalue weighted by molar-refractivity contribution is 7.80. The number of carbonyl (C=O) groups excluding carboxylic acids is 1. The van der Waals surface area contributed by atoms with Gasteiger partial charge in [0.15, 0.2) is 0 Å². The number of hydrogen-bond donors (Lipinski definition) is 2. The maximum Gasteiger partial charge on any atom is 0.327 e. The number of carbonyl (C=O) groups is 2. The van der Waals surface area contributed by atoms with Gasteiger partial charge in [-0.15, -0.1) is 0 Å². The third-order valence-electron chi connectivity index (χ3n) is 1.43. The van der Waals surface area contributed by atoms with Crippen LogP contribution in [0.5, 0.6) is 0 Å². The zero-order valence-corrected chi connectivity index (χ0v) is 9.68. The lowest BCUT2D eigenvalue weighted by atomic mass is 10.3. The fourth-order valence-corrected chi connectivity index (χ4v) is 1.50. The van der Waals surface area contributed by atoms with Gasteiger partial charge in [-0.1, -0.05) is 23.2 Å². The molecule has 4 nitrogen and oxygen atoms in total. The van der Waals surface area contributed by atoms with Gasteiger partial charge in [-0.05, 0) is 0 Å². The molecule has 0 bridgehead atoms. The Morgan fingerprint density at radius 1 is 1.64 bits per heavy atom. The molecular weight excluding hydrogens is 249 g/mol. The predicted molar refractivity (Wildman–Crippen MR) is 57.6 cm³/mol. The van der Waals surface area contributed by atoms with Crippen LogP contribution < -0.4 is 0 Å². The predicted octanol–water partition coefficient (Wildman–Crippen LogP) is 1.49. The van der Waals surface area contributed by atoms with E-state index >= 15 is 0 Å². The second kappa shape index (κ2) is 6.16. The van der Waals surface area contributed by atoms with E-state index in [0.717, 1.165) is 10.4 Å². The molecule has 0 aromatic carbocycles. The molecule has 0 rings (SSSR count). The maximum atomic E-state index is 11.1. The molecule has 80 valence electrons. The molecule has 0 saturated carbocycles. The molecule has 1 atom stereocenters. The summed E-state index contributed by atoms with van der Waals surface area (Å²) in [7, 11) is 0. The Morgan fingerprint density at radius 3 is 2.36 bits per heavy atom. The van der Waals surface area contributed by atoms with Gasteiger partial charge in [-0.25, -0.2) is 4.79 Å². The Morgan fingerprint density at radius 2 is 2.14 bits per heavy atom. The molecule has 0 aliphatic rings. The van der Waals surface area contributed by atoms with Crippen molar-refractivity contribution in [1.82, 2.24) is 4.90 Å². The third kappa shape index (κ3) is 3.40. The highest BCUT2D eigenvalue weighted by Crippen LogP contribution is 2.16. The van der Waals surface area contributed by atoms with Gasteiger partial charge in [0.1, 0.15) is 11.2 Å². The van der Waals surface area contributed by atoms with Crippen molar-refractivity contribution in [1.29, 1.82) is 0 Å². The molecule has 0 unspecified atom stereocenters. The molecular formula is C7H9Cl2NO3S. The molecule has 0 aliphatic heterocycles. The van der Waals surface area contributed by atoms with Gasteiger partial charge >= 0.3 is 5.97 Å². The first-order valence-electron chi connectivity index (χ1n) is 3.55. The van der Waals surface area contributed by atoms with Crippen molar-refractivity contribution in [2.24, 2.45) is 0 Å². The molecule has 0 radical (unpaired) electrons. The van der Waals surface area contributed by atoms with E-state index in [2.05, 4.69) is 12.6 Å². The first kappa shape index (κ1) is 13.6. The number of nitrogens with zero attached hydrogens (tertiary/aromatic N) is 1. The van der Waals surface area contributed by atoms with Crippen LogP contribution in [-0.2, 0) is 9.59 Å². The largest absolute Gasteiger partial charge is 0.480 e. The zero-order chi connectivity index (χ0) is 11.3. The van der Waals surface area contributed by atoms with Crippen LogP contribution in [0.2, 0.25) is 0 Å². The summed E-state index contributed by atoms with van der Waals surface area (Å²) in [6.07, 6.45) is 0. The smallest absolute Gasteiger partial charge is 0.327 e. The van der Waals surface area contributed by atoms with E-state index in [1.165, 1.54) is 6.92 Å². The summed E-state index contributed by atoms with van der Waals surface area (Å²) in [6.45, 7) is 1.20. The van der Waals surface area contributed by atoms with Gasteiger partial charge in [-0.2, -0.15) is 12.6 Å². The Kier molecular flexibility index (Phi) is 5.99. The van der Waals surface area contributed by atoms with Crippen LogP contribution in [0.4, 0.5) is 0 Å². The van der Waals surface area contributed by atoms with Crippen molar-refractivity contribution in [3.63, 3.8) is 0 Å². The van der Waals surface area contributed by atoms with Crippen molar-refractivity contribution < 1.29 is 14.7 Å². The average molecular weight is 258 g/mol. The van der Waals surface area contributed by atoms with Crippen molar-refractivity contribution in [2.75, 3.05) is 5.75 Å². The third-order valence-corrected chi connectivity index (χ3v) is 2.38. The molecule has 0 spiro atoms.